The van der Waals surface area contributed by atoms with E-state index in [1.54, 1.807) is 29.2 Å². The molecule has 3 aliphatic rings. The number of nitrogens with zero attached hydrogens (tertiary/aromatic N) is 2. The van der Waals surface area contributed by atoms with Crippen LogP contribution in [0.1, 0.15) is 31.7 Å². The van der Waals surface area contributed by atoms with Crippen molar-refractivity contribution >= 4 is 35.1 Å². The molecule has 0 bridgehead atoms. The Morgan fingerprint density at radius 3 is 2.21 bits per heavy atom. The van der Waals surface area contributed by atoms with Crippen molar-refractivity contribution in [2.75, 3.05) is 16.3 Å². The standard InChI is InChI=1S/C27H26N2O5/c1-16-3-6-19(7-4-16)28-15-18(14-24(28)30)27(33)34-21-10-8-20(9-11-21)29-25(31)22-12-5-17(2)13-23(22)26(29)32/h3-11,18,22-23H,12-15H2,1-2H3/t18-,22+,23-/m1/s1. The molecule has 3 atom stereocenters. The van der Waals surface area contributed by atoms with Crippen molar-refractivity contribution in [3.8, 4) is 5.75 Å². The lowest BCUT2D eigenvalue weighted by Crippen LogP contribution is -2.30. The van der Waals surface area contributed by atoms with Crippen LogP contribution in [0.4, 0.5) is 11.4 Å². The first kappa shape index (κ1) is 22.1. The molecule has 1 aliphatic carbocycles. The molecule has 0 radical (unpaired) electrons. The van der Waals surface area contributed by atoms with E-state index in [0.717, 1.165) is 16.8 Å². The highest BCUT2D eigenvalue weighted by Gasteiger charge is 2.48. The summed E-state index contributed by atoms with van der Waals surface area (Å²) in [5.74, 6) is -1.79. The number of hydrogen-bond donors (Lipinski definition) is 0. The Hall–Kier alpha value is -3.74. The Morgan fingerprint density at radius 2 is 1.50 bits per heavy atom. The molecule has 0 N–H and O–H groups in total. The summed E-state index contributed by atoms with van der Waals surface area (Å²) in [5, 5.41) is 0. The van der Waals surface area contributed by atoms with Crippen LogP contribution in [0.15, 0.2) is 60.2 Å². The molecule has 3 amide bonds. The quantitative estimate of drug-likeness (QED) is 0.301. The van der Waals surface area contributed by atoms with E-state index in [1.165, 1.54) is 4.90 Å². The van der Waals surface area contributed by atoms with Crippen LogP contribution < -0.4 is 14.5 Å². The van der Waals surface area contributed by atoms with Crippen LogP contribution in [0.2, 0.25) is 0 Å². The van der Waals surface area contributed by atoms with E-state index in [2.05, 4.69) is 0 Å². The summed E-state index contributed by atoms with van der Waals surface area (Å²) < 4.78 is 5.52. The first-order valence-corrected chi connectivity index (χ1v) is 11.5. The summed E-state index contributed by atoms with van der Waals surface area (Å²) in [7, 11) is 0. The maximum absolute atomic E-state index is 12.9. The van der Waals surface area contributed by atoms with E-state index in [0.29, 0.717) is 24.3 Å². The summed E-state index contributed by atoms with van der Waals surface area (Å²) in [6.07, 6.45) is 3.33. The second-order valence-electron chi connectivity index (χ2n) is 9.37. The zero-order valence-electron chi connectivity index (χ0n) is 19.2. The van der Waals surface area contributed by atoms with E-state index >= 15 is 0 Å². The van der Waals surface area contributed by atoms with Crippen molar-refractivity contribution in [3.63, 3.8) is 0 Å². The fourth-order valence-corrected chi connectivity index (χ4v) is 4.99. The Bertz CT molecular complexity index is 1200. The lowest BCUT2D eigenvalue weighted by Gasteiger charge is -2.18. The fourth-order valence-electron chi connectivity index (χ4n) is 4.99. The largest absolute Gasteiger partial charge is 0.426 e. The van der Waals surface area contributed by atoms with Crippen molar-refractivity contribution in [2.24, 2.45) is 17.8 Å². The van der Waals surface area contributed by atoms with Crippen LogP contribution in [-0.4, -0.2) is 30.2 Å². The molecule has 7 nitrogen and oxygen atoms in total. The molecule has 2 heterocycles. The highest BCUT2D eigenvalue weighted by molar-refractivity contribution is 6.22. The first-order valence-electron chi connectivity index (χ1n) is 11.5. The maximum atomic E-state index is 12.9. The molecule has 7 heteroatoms. The molecule has 0 unspecified atom stereocenters. The maximum Gasteiger partial charge on any atom is 0.316 e. The van der Waals surface area contributed by atoms with Crippen LogP contribution in [0.3, 0.4) is 0 Å². The number of hydrogen-bond acceptors (Lipinski definition) is 5. The highest BCUT2D eigenvalue weighted by Crippen LogP contribution is 2.40. The zero-order chi connectivity index (χ0) is 24.0. The van der Waals surface area contributed by atoms with Gasteiger partial charge in [-0.3, -0.25) is 24.1 Å². The topological polar surface area (TPSA) is 84.0 Å². The third kappa shape index (κ3) is 3.91. The summed E-state index contributed by atoms with van der Waals surface area (Å²) in [6.45, 7) is 4.23. The molecule has 2 saturated heterocycles. The number of imide groups is 1. The number of carbonyl (C=O) groups is 4. The Kier molecular flexibility index (Phi) is 5.55. The molecule has 2 aromatic carbocycles. The number of esters is 1. The van der Waals surface area contributed by atoms with Crippen LogP contribution in [0.5, 0.6) is 5.75 Å². The van der Waals surface area contributed by atoms with Gasteiger partial charge in [0.25, 0.3) is 0 Å². The average molecular weight is 459 g/mol. The van der Waals surface area contributed by atoms with E-state index in [4.69, 9.17) is 4.74 Å². The summed E-state index contributed by atoms with van der Waals surface area (Å²) in [6, 6.07) is 14.0. The molecule has 2 fully saturated rings. The normalized spacial score (nSPS) is 24.4. The Balaban J connectivity index is 1.24. The molecule has 34 heavy (non-hydrogen) atoms. The third-order valence-electron chi connectivity index (χ3n) is 6.94. The minimum absolute atomic E-state index is 0.0950. The molecule has 0 aromatic heterocycles. The lowest BCUT2D eigenvalue weighted by molar-refractivity contribution is -0.139. The second kappa shape index (κ2) is 8.56. The first-order chi connectivity index (χ1) is 16.3. The van der Waals surface area contributed by atoms with Gasteiger partial charge < -0.3 is 9.64 Å². The van der Waals surface area contributed by atoms with Crippen LogP contribution in [0, 0.1) is 24.7 Å². The van der Waals surface area contributed by atoms with Gasteiger partial charge >= 0.3 is 5.97 Å². The van der Waals surface area contributed by atoms with E-state index in [1.807, 2.05) is 44.2 Å². The molecular formula is C27H26N2O5. The van der Waals surface area contributed by atoms with Crippen molar-refractivity contribution in [2.45, 2.75) is 33.1 Å². The van der Waals surface area contributed by atoms with E-state index in [9.17, 15) is 19.2 Å². The van der Waals surface area contributed by atoms with Gasteiger partial charge in [0.2, 0.25) is 17.7 Å². The summed E-state index contributed by atoms with van der Waals surface area (Å²) in [5.41, 5.74) is 3.47. The SMILES string of the molecule is CC1=CC[C@@H]2C(=O)N(c3ccc(OC(=O)[C@@H]4CC(=O)N(c5ccc(C)cc5)C4)cc3)C(=O)[C@@H]2C1. The van der Waals surface area contributed by atoms with Gasteiger partial charge in [-0.15, -0.1) is 0 Å². The predicted molar refractivity (Wildman–Crippen MR) is 126 cm³/mol. The minimum atomic E-state index is -0.561. The van der Waals surface area contributed by atoms with Gasteiger partial charge in [0, 0.05) is 18.7 Å². The number of amides is 3. The average Bonchev–Trinajstić information content (AvgIpc) is 3.32. The van der Waals surface area contributed by atoms with Crippen molar-refractivity contribution in [1.82, 2.24) is 0 Å². The number of ether oxygens (including phenoxy) is 1. The number of anilines is 2. The number of allylic oxidation sites excluding steroid dienone is 2. The van der Waals surface area contributed by atoms with Gasteiger partial charge in [-0.2, -0.15) is 0 Å². The number of benzene rings is 2. The number of rotatable bonds is 4. The van der Waals surface area contributed by atoms with Crippen LogP contribution >= 0.6 is 0 Å². The number of carbonyl (C=O) groups excluding carboxylic acids is 4. The van der Waals surface area contributed by atoms with Gasteiger partial charge in [-0.1, -0.05) is 29.3 Å². The zero-order valence-corrected chi connectivity index (χ0v) is 19.2. The summed E-state index contributed by atoms with van der Waals surface area (Å²) >= 11 is 0. The summed E-state index contributed by atoms with van der Waals surface area (Å²) in [4.78, 5) is 53.8. The van der Waals surface area contributed by atoms with Crippen molar-refractivity contribution in [3.05, 3.63) is 65.7 Å². The molecule has 0 saturated carbocycles. The molecule has 174 valence electrons. The molecule has 0 spiro atoms. The lowest BCUT2D eigenvalue weighted by atomic mass is 9.82. The van der Waals surface area contributed by atoms with Gasteiger partial charge in [-0.05, 0) is 63.1 Å². The molecule has 2 aromatic rings. The third-order valence-corrected chi connectivity index (χ3v) is 6.94. The van der Waals surface area contributed by atoms with Gasteiger partial charge in [0.1, 0.15) is 5.75 Å². The Morgan fingerprint density at radius 1 is 0.853 bits per heavy atom. The fraction of sp³-hybridized carbons (Fsp3) is 0.333. The number of aryl methyl sites for hydroxylation is 1. The van der Waals surface area contributed by atoms with E-state index < -0.39 is 11.9 Å². The van der Waals surface area contributed by atoms with Crippen LogP contribution in [0.25, 0.3) is 0 Å². The number of fused-ring (bicyclic) bond motifs is 1. The van der Waals surface area contributed by atoms with Crippen LogP contribution in [-0.2, 0) is 19.2 Å². The van der Waals surface area contributed by atoms with Gasteiger partial charge in [0.15, 0.2) is 0 Å². The van der Waals surface area contributed by atoms with Crippen molar-refractivity contribution < 1.29 is 23.9 Å². The molecule has 2 aliphatic heterocycles. The monoisotopic (exact) mass is 458 g/mol. The smallest absolute Gasteiger partial charge is 0.316 e. The predicted octanol–water partition coefficient (Wildman–Crippen LogP) is 3.80. The second-order valence-corrected chi connectivity index (χ2v) is 9.37. The van der Waals surface area contributed by atoms with E-state index in [-0.39, 0.29) is 42.5 Å². The van der Waals surface area contributed by atoms with Gasteiger partial charge in [-0.25, -0.2) is 0 Å². The highest BCUT2D eigenvalue weighted by atomic mass is 16.5. The Labute approximate surface area is 198 Å². The molecular weight excluding hydrogens is 432 g/mol. The minimum Gasteiger partial charge on any atom is -0.426 e. The molecule has 5 rings (SSSR count). The van der Waals surface area contributed by atoms with Crippen molar-refractivity contribution in [1.29, 1.82) is 0 Å². The van der Waals surface area contributed by atoms with Gasteiger partial charge in [0.05, 0.1) is 23.4 Å².